The zero-order chi connectivity index (χ0) is 13.1. The van der Waals surface area contributed by atoms with E-state index in [9.17, 15) is 12.8 Å². The molecule has 0 atom stereocenters. The maximum atomic E-state index is 13.3. The van der Waals surface area contributed by atoms with Crippen molar-refractivity contribution < 1.29 is 12.8 Å². The van der Waals surface area contributed by atoms with Gasteiger partial charge in [0.1, 0.15) is 11.9 Å². The highest BCUT2D eigenvalue weighted by molar-refractivity contribution is 7.92. The van der Waals surface area contributed by atoms with Crippen LogP contribution in [-0.4, -0.2) is 14.2 Å². The van der Waals surface area contributed by atoms with Crippen LogP contribution in [-0.2, 0) is 10.0 Å². The summed E-state index contributed by atoms with van der Waals surface area (Å²) in [6.07, 6.45) is 0. The summed E-state index contributed by atoms with van der Waals surface area (Å²) in [5, 5.41) is 8.77. The van der Waals surface area contributed by atoms with Crippen LogP contribution in [0.15, 0.2) is 12.1 Å². The van der Waals surface area contributed by atoms with Gasteiger partial charge in [-0.05, 0) is 19.1 Å². The number of rotatable bonds is 4. The van der Waals surface area contributed by atoms with Gasteiger partial charge in [0.2, 0.25) is 10.0 Å². The molecule has 0 aliphatic rings. The molecule has 1 aromatic rings. The predicted octanol–water partition coefficient (Wildman–Crippen LogP) is 0.745. The maximum Gasteiger partial charge on any atom is 0.232 e. The molecule has 0 heterocycles. The van der Waals surface area contributed by atoms with Gasteiger partial charge in [-0.1, -0.05) is 0 Å². The Bertz CT molecular complexity index is 565. The number of anilines is 2. The van der Waals surface area contributed by atoms with Gasteiger partial charge in [0.05, 0.1) is 22.7 Å². The molecule has 8 heteroatoms. The van der Waals surface area contributed by atoms with Crippen LogP contribution in [0, 0.1) is 17.1 Å². The first-order valence-corrected chi connectivity index (χ1v) is 6.29. The molecule has 0 fully saturated rings. The van der Waals surface area contributed by atoms with E-state index >= 15 is 0 Å². The Morgan fingerprint density at radius 1 is 1.47 bits per heavy atom. The van der Waals surface area contributed by atoms with Gasteiger partial charge in [0.25, 0.3) is 0 Å². The molecule has 92 valence electrons. The molecular formula is C9H11FN4O2S. The first kappa shape index (κ1) is 13.2. The molecule has 0 unspecified atom stereocenters. The number of nitrogen functional groups attached to an aromatic ring is 1. The second-order valence-corrected chi connectivity index (χ2v) is 5.15. The Morgan fingerprint density at radius 2 is 2.12 bits per heavy atom. The van der Waals surface area contributed by atoms with E-state index in [1.54, 1.807) is 6.07 Å². The summed E-state index contributed by atoms with van der Waals surface area (Å²) in [4.78, 5) is 0. The van der Waals surface area contributed by atoms with Gasteiger partial charge in [0, 0.05) is 0 Å². The molecule has 0 amide bonds. The highest BCUT2D eigenvalue weighted by Gasteiger charge is 2.14. The SMILES string of the molecule is CCS(=O)(=O)Nc1cc(NN)c(F)cc1C#N. The Morgan fingerprint density at radius 3 is 2.59 bits per heavy atom. The lowest BCUT2D eigenvalue weighted by Gasteiger charge is -2.10. The number of hydrogen-bond donors (Lipinski definition) is 3. The second-order valence-electron chi connectivity index (χ2n) is 3.14. The summed E-state index contributed by atoms with van der Waals surface area (Å²) < 4.78 is 38.1. The Labute approximate surface area is 98.3 Å². The summed E-state index contributed by atoms with van der Waals surface area (Å²) in [5.41, 5.74) is 1.85. The Hall–Kier alpha value is -1.85. The van der Waals surface area contributed by atoms with E-state index in [1.165, 1.54) is 6.92 Å². The van der Waals surface area contributed by atoms with E-state index in [0.29, 0.717) is 0 Å². The lowest BCUT2D eigenvalue weighted by Crippen LogP contribution is -2.16. The third-order valence-electron chi connectivity index (χ3n) is 2.03. The first-order valence-electron chi connectivity index (χ1n) is 4.64. The molecule has 17 heavy (non-hydrogen) atoms. The van der Waals surface area contributed by atoms with Crippen molar-refractivity contribution in [1.29, 1.82) is 5.26 Å². The van der Waals surface area contributed by atoms with Crippen molar-refractivity contribution in [2.24, 2.45) is 5.84 Å². The molecule has 0 radical (unpaired) electrons. The topological polar surface area (TPSA) is 108 Å². The molecule has 0 saturated heterocycles. The summed E-state index contributed by atoms with van der Waals surface area (Å²) >= 11 is 0. The van der Waals surface area contributed by atoms with Crippen molar-refractivity contribution in [2.75, 3.05) is 15.9 Å². The highest BCUT2D eigenvalue weighted by Crippen LogP contribution is 2.24. The van der Waals surface area contributed by atoms with Crippen molar-refractivity contribution in [1.82, 2.24) is 0 Å². The summed E-state index contributed by atoms with van der Waals surface area (Å²) in [5.74, 6) is 4.17. The Balaban J connectivity index is 3.28. The number of nitrogens with zero attached hydrogens (tertiary/aromatic N) is 1. The minimum atomic E-state index is -3.54. The van der Waals surface area contributed by atoms with E-state index in [1.807, 2.05) is 0 Å². The van der Waals surface area contributed by atoms with Crippen molar-refractivity contribution >= 4 is 21.4 Å². The molecule has 0 aliphatic heterocycles. The van der Waals surface area contributed by atoms with Crippen LogP contribution in [0.5, 0.6) is 0 Å². The molecule has 0 spiro atoms. The number of hydrogen-bond acceptors (Lipinski definition) is 5. The minimum absolute atomic E-state index is 0.0105. The molecule has 0 aromatic heterocycles. The quantitative estimate of drug-likeness (QED) is 0.545. The van der Waals surface area contributed by atoms with E-state index in [2.05, 4.69) is 10.1 Å². The molecule has 1 rings (SSSR count). The van der Waals surface area contributed by atoms with Gasteiger partial charge < -0.3 is 5.43 Å². The fraction of sp³-hybridized carbons (Fsp3) is 0.222. The van der Waals surface area contributed by atoms with Crippen molar-refractivity contribution in [2.45, 2.75) is 6.92 Å². The lowest BCUT2D eigenvalue weighted by atomic mass is 10.2. The second kappa shape index (κ2) is 4.99. The molecular weight excluding hydrogens is 247 g/mol. The van der Waals surface area contributed by atoms with Crippen molar-refractivity contribution in [3.8, 4) is 6.07 Å². The van der Waals surface area contributed by atoms with Crippen molar-refractivity contribution in [3.63, 3.8) is 0 Å². The average molecular weight is 258 g/mol. The van der Waals surface area contributed by atoms with Crippen LogP contribution in [0.25, 0.3) is 0 Å². The Kier molecular flexibility index (Phi) is 3.88. The smallest absolute Gasteiger partial charge is 0.232 e. The number of nitrogens with one attached hydrogen (secondary N) is 2. The van der Waals surface area contributed by atoms with Gasteiger partial charge in [-0.15, -0.1) is 0 Å². The fourth-order valence-electron chi connectivity index (χ4n) is 1.10. The minimum Gasteiger partial charge on any atom is -0.321 e. The normalized spacial score (nSPS) is 10.7. The number of sulfonamides is 1. The number of hydrazine groups is 1. The van der Waals surface area contributed by atoms with Crippen LogP contribution < -0.4 is 16.0 Å². The molecule has 1 aromatic carbocycles. The summed E-state index contributed by atoms with van der Waals surface area (Å²) in [7, 11) is -3.54. The van der Waals surface area contributed by atoms with Crippen molar-refractivity contribution in [3.05, 3.63) is 23.5 Å². The zero-order valence-electron chi connectivity index (χ0n) is 8.99. The monoisotopic (exact) mass is 258 g/mol. The third-order valence-corrected chi connectivity index (χ3v) is 3.32. The van der Waals surface area contributed by atoms with E-state index in [0.717, 1.165) is 12.1 Å². The number of nitriles is 1. The number of nitrogens with two attached hydrogens (primary N) is 1. The van der Waals surface area contributed by atoms with Gasteiger partial charge in [-0.2, -0.15) is 5.26 Å². The van der Waals surface area contributed by atoms with Gasteiger partial charge in [-0.25, -0.2) is 12.8 Å². The first-order chi connectivity index (χ1) is 7.93. The lowest BCUT2D eigenvalue weighted by molar-refractivity contribution is 0.602. The number of halogens is 1. The summed E-state index contributed by atoms with van der Waals surface area (Å²) in [6.45, 7) is 1.44. The molecule has 0 aliphatic carbocycles. The van der Waals surface area contributed by atoms with Gasteiger partial charge in [0.15, 0.2) is 0 Å². The van der Waals surface area contributed by atoms with E-state index < -0.39 is 15.8 Å². The summed E-state index contributed by atoms with van der Waals surface area (Å²) in [6, 6.07) is 3.73. The van der Waals surface area contributed by atoms with Crippen LogP contribution in [0.3, 0.4) is 0 Å². The molecule has 4 N–H and O–H groups in total. The fourth-order valence-corrected chi connectivity index (χ4v) is 1.75. The van der Waals surface area contributed by atoms with E-state index in [4.69, 9.17) is 11.1 Å². The van der Waals surface area contributed by atoms with Crippen LogP contribution in [0.4, 0.5) is 15.8 Å². The third kappa shape index (κ3) is 3.05. The van der Waals surface area contributed by atoms with Crippen LogP contribution in [0.2, 0.25) is 0 Å². The standard InChI is InChI=1S/C9H11FN4O2S/c1-2-17(15,16)14-8-4-9(13-12)7(10)3-6(8)5-11/h3-4,13-14H,2,12H2,1H3. The zero-order valence-corrected chi connectivity index (χ0v) is 9.81. The highest BCUT2D eigenvalue weighted by atomic mass is 32.2. The molecule has 6 nitrogen and oxygen atoms in total. The number of benzene rings is 1. The van der Waals surface area contributed by atoms with Gasteiger partial charge >= 0.3 is 0 Å². The average Bonchev–Trinajstić information content (AvgIpc) is 2.30. The largest absolute Gasteiger partial charge is 0.321 e. The van der Waals surface area contributed by atoms with Crippen LogP contribution in [0.1, 0.15) is 12.5 Å². The molecule has 0 bridgehead atoms. The predicted molar refractivity (Wildman–Crippen MR) is 62.0 cm³/mol. The van der Waals surface area contributed by atoms with E-state index in [-0.39, 0.29) is 22.7 Å². The van der Waals surface area contributed by atoms with Crippen LogP contribution >= 0.6 is 0 Å². The maximum absolute atomic E-state index is 13.3. The van der Waals surface area contributed by atoms with Gasteiger partial charge in [-0.3, -0.25) is 10.6 Å². The molecule has 0 saturated carbocycles.